The number of ether oxygens (including phenoxy) is 3. The Morgan fingerprint density at radius 2 is 1.78 bits per heavy atom. The van der Waals surface area contributed by atoms with Crippen molar-refractivity contribution in [2.45, 2.75) is 26.2 Å². The molecule has 0 saturated heterocycles. The number of unbranched alkanes of at least 4 members (excludes halogenated alkanes) is 1. The summed E-state index contributed by atoms with van der Waals surface area (Å²) < 4.78 is 32.8. The van der Waals surface area contributed by atoms with Gasteiger partial charge in [-0.1, -0.05) is 13.3 Å². The monoisotopic (exact) mass is 530 g/mol. The number of alkyl halides is 1. The number of nitrogens with zero attached hydrogens (tertiary/aromatic N) is 2. The number of fused-ring (bicyclic) bond motifs is 1. The molecule has 0 amide bonds. The zero-order valence-corrected chi connectivity index (χ0v) is 21.1. The highest BCUT2D eigenvalue weighted by atomic mass is 35.5. The Kier molecular flexibility index (Phi) is 8.56. The highest BCUT2D eigenvalue weighted by molar-refractivity contribution is 7.22. The molecule has 0 N–H and O–H groups in total. The maximum absolute atomic E-state index is 14.4. The van der Waals surface area contributed by atoms with Crippen LogP contribution in [0, 0.1) is 15.9 Å². The van der Waals surface area contributed by atoms with E-state index in [1.807, 2.05) is 24.3 Å². The molecule has 4 rings (SSSR count). The largest absolute Gasteiger partial charge is 0.490 e. The van der Waals surface area contributed by atoms with Gasteiger partial charge in [-0.3, -0.25) is 15.1 Å². The van der Waals surface area contributed by atoms with Crippen LogP contribution in [0.15, 0.2) is 54.7 Å². The molecule has 0 spiro atoms. The maximum Gasteiger partial charge on any atom is 0.272 e. The topological polar surface area (TPSA) is 83.7 Å². The van der Waals surface area contributed by atoms with Gasteiger partial charge in [-0.05, 0) is 48.7 Å². The molecule has 0 aliphatic rings. The minimum Gasteiger partial charge on any atom is -0.490 e. The van der Waals surface area contributed by atoms with Crippen molar-refractivity contribution in [3.8, 4) is 33.4 Å². The van der Waals surface area contributed by atoms with Crippen LogP contribution in [0.4, 0.5) is 10.1 Å². The van der Waals surface area contributed by atoms with E-state index in [0.717, 1.165) is 40.5 Å². The number of nitro groups is 1. The van der Waals surface area contributed by atoms with Crippen molar-refractivity contribution in [2.24, 2.45) is 0 Å². The van der Waals surface area contributed by atoms with Crippen LogP contribution >= 0.6 is 22.9 Å². The van der Waals surface area contributed by atoms with Crippen LogP contribution in [-0.2, 0) is 0 Å². The summed E-state index contributed by atoms with van der Waals surface area (Å²) >= 11 is 7.21. The third-order valence-electron chi connectivity index (χ3n) is 5.24. The number of thiophene rings is 1. The van der Waals surface area contributed by atoms with Crippen molar-refractivity contribution >= 4 is 38.8 Å². The summed E-state index contributed by atoms with van der Waals surface area (Å²) in [5.74, 6) is 1.33. The van der Waals surface area contributed by atoms with Gasteiger partial charge in [-0.25, -0.2) is 4.39 Å². The minimum absolute atomic E-state index is 0.104. The first-order chi connectivity index (χ1) is 17.5. The number of aromatic nitrogens is 1. The smallest absolute Gasteiger partial charge is 0.272 e. The molecule has 10 heteroatoms. The van der Waals surface area contributed by atoms with Gasteiger partial charge in [0.1, 0.15) is 5.75 Å². The Bertz CT molecular complexity index is 1360. The van der Waals surface area contributed by atoms with Gasteiger partial charge in [0.05, 0.1) is 34.4 Å². The van der Waals surface area contributed by atoms with Gasteiger partial charge in [-0.15, -0.1) is 22.9 Å². The number of nitro benzene ring substituents is 1. The second-order valence-electron chi connectivity index (χ2n) is 7.86. The maximum atomic E-state index is 14.4. The van der Waals surface area contributed by atoms with Gasteiger partial charge in [0.15, 0.2) is 23.1 Å². The van der Waals surface area contributed by atoms with Gasteiger partial charge in [-0.2, -0.15) is 0 Å². The van der Waals surface area contributed by atoms with Gasteiger partial charge in [0.25, 0.3) is 5.69 Å². The molecule has 0 aliphatic heterocycles. The molecule has 2 aromatic carbocycles. The molecular formula is C26H24ClFN2O5S. The van der Waals surface area contributed by atoms with E-state index in [9.17, 15) is 14.5 Å². The molecule has 0 saturated carbocycles. The third kappa shape index (κ3) is 6.03. The van der Waals surface area contributed by atoms with E-state index in [0.29, 0.717) is 41.9 Å². The Hall–Kier alpha value is -3.43. The SMILES string of the molecule is CCCCOc1cc(-c2cc3nccc(Oc4ccc([N+](=O)[O-])cc4F)c3s2)ccc1OCCCCl. The van der Waals surface area contributed by atoms with Crippen LogP contribution in [0.1, 0.15) is 26.2 Å². The number of rotatable bonds is 12. The molecule has 0 bridgehead atoms. The molecule has 2 aromatic heterocycles. The average Bonchev–Trinajstić information content (AvgIpc) is 3.31. The van der Waals surface area contributed by atoms with Gasteiger partial charge in [0, 0.05) is 29.1 Å². The van der Waals surface area contributed by atoms with Crippen molar-refractivity contribution in [3.05, 3.63) is 70.7 Å². The van der Waals surface area contributed by atoms with Crippen molar-refractivity contribution in [1.29, 1.82) is 0 Å². The Morgan fingerprint density at radius 3 is 2.53 bits per heavy atom. The molecule has 0 unspecified atom stereocenters. The predicted octanol–water partition coefficient (Wildman–Crippen LogP) is 7.99. The summed E-state index contributed by atoms with van der Waals surface area (Å²) in [5, 5.41) is 10.9. The van der Waals surface area contributed by atoms with Gasteiger partial charge < -0.3 is 14.2 Å². The number of hydrogen-bond acceptors (Lipinski definition) is 7. The molecule has 0 fully saturated rings. The van der Waals surface area contributed by atoms with Crippen LogP contribution < -0.4 is 14.2 Å². The zero-order chi connectivity index (χ0) is 25.5. The normalized spacial score (nSPS) is 11.0. The fourth-order valence-electron chi connectivity index (χ4n) is 3.40. The lowest BCUT2D eigenvalue weighted by Crippen LogP contribution is -2.03. The Labute approximate surface area is 216 Å². The third-order valence-corrected chi connectivity index (χ3v) is 6.70. The first kappa shape index (κ1) is 25.7. The second kappa shape index (κ2) is 12.0. The summed E-state index contributed by atoms with van der Waals surface area (Å²) in [6.07, 6.45) is 4.25. The summed E-state index contributed by atoms with van der Waals surface area (Å²) in [7, 11) is 0. The van der Waals surface area contributed by atoms with Crippen molar-refractivity contribution in [1.82, 2.24) is 4.98 Å². The van der Waals surface area contributed by atoms with E-state index in [-0.39, 0.29) is 11.4 Å². The lowest BCUT2D eigenvalue weighted by atomic mass is 10.1. The fraction of sp³-hybridized carbons (Fsp3) is 0.269. The van der Waals surface area contributed by atoms with E-state index >= 15 is 0 Å². The molecule has 7 nitrogen and oxygen atoms in total. The first-order valence-electron chi connectivity index (χ1n) is 11.5. The summed E-state index contributed by atoms with van der Waals surface area (Å²) in [6, 6.07) is 12.6. The van der Waals surface area contributed by atoms with Crippen LogP contribution in [0.3, 0.4) is 0 Å². The lowest BCUT2D eigenvalue weighted by Gasteiger charge is -2.13. The quantitative estimate of drug-likeness (QED) is 0.0798. The van der Waals surface area contributed by atoms with Crippen LogP contribution in [0.5, 0.6) is 23.0 Å². The van der Waals surface area contributed by atoms with E-state index in [2.05, 4.69) is 11.9 Å². The summed E-state index contributed by atoms with van der Waals surface area (Å²) in [4.78, 5) is 15.6. The summed E-state index contributed by atoms with van der Waals surface area (Å²) in [6.45, 7) is 3.18. The fourth-order valence-corrected chi connectivity index (χ4v) is 4.57. The van der Waals surface area contributed by atoms with Gasteiger partial charge >= 0.3 is 0 Å². The van der Waals surface area contributed by atoms with Crippen LogP contribution in [0.25, 0.3) is 20.7 Å². The minimum atomic E-state index is -0.815. The lowest BCUT2D eigenvalue weighted by molar-refractivity contribution is -0.385. The van der Waals surface area contributed by atoms with E-state index in [1.54, 1.807) is 12.3 Å². The molecule has 188 valence electrons. The zero-order valence-electron chi connectivity index (χ0n) is 19.5. The average molecular weight is 531 g/mol. The molecular weight excluding hydrogens is 507 g/mol. The molecule has 2 heterocycles. The van der Waals surface area contributed by atoms with Crippen molar-refractivity contribution in [2.75, 3.05) is 19.1 Å². The first-order valence-corrected chi connectivity index (χ1v) is 12.8. The van der Waals surface area contributed by atoms with Crippen LogP contribution in [-0.4, -0.2) is 29.0 Å². The van der Waals surface area contributed by atoms with E-state index in [4.69, 9.17) is 25.8 Å². The number of pyridine rings is 1. The van der Waals surface area contributed by atoms with E-state index < -0.39 is 10.7 Å². The number of halogens is 2. The Morgan fingerprint density at radius 1 is 1.00 bits per heavy atom. The highest BCUT2D eigenvalue weighted by Gasteiger charge is 2.16. The van der Waals surface area contributed by atoms with E-state index in [1.165, 1.54) is 23.5 Å². The standard InChI is InChI=1S/C26H24ClFN2O5S/c1-2-3-12-34-24-14-17(5-7-22(24)33-13-4-10-27)25-16-20-26(36-25)23(9-11-29-20)35-21-8-6-18(30(31)32)15-19(21)28/h5-9,11,14-16H,2-4,10,12-13H2,1H3. The number of hydrogen-bond donors (Lipinski definition) is 0. The number of benzene rings is 2. The Balaban J connectivity index is 1.64. The highest BCUT2D eigenvalue weighted by Crippen LogP contribution is 2.42. The summed E-state index contributed by atoms with van der Waals surface area (Å²) in [5.41, 5.74) is 1.26. The van der Waals surface area contributed by atoms with Crippen molar-refractivity contribution in [3.63, 3.8) is 0 Å². The van der Waals surface area contributed by atoms with Crippen molar-refractivity contribution < 1.29 is 23.5 Å². The molecule has 4 aromatic rings. The molecule has 0 radical (unpaired) electrons. The van der Waals surface area contributed by atoms with Crippen LogP contribution in [0.2, 0.25) is 0 Å². The number of non-ortho nitro benzene ring substituents is 1. The molecule has 0 aliphatic carbocycles. The predicted molar refractivity (Wildman–Crippen MR) is 139 cm³/mol. The second-order valence-corrected chi connectivity index (χ2v) is 9.29. The molecule has 36 heavy (non-hydrogen) atoms. The van der Waals surface area contributed by atoms with Gasteiger partial charge in [0.2, 0.25) is 0 Å². The molecule has 0 atom stereocenters.